The Balaban J connectivity index is 1.39. The minimum atomic E-state index is -0.813. The van der Waals surface area contributed by atoms with Crippen LogP contribution in [0.5, 0.6) is 0 Å². The SMILES string of the molecule is C=CC[C@@]1(Cc2ccccc2)O[C@H](COCc2ccccc2)[C@@H](OCc2ccccc2)[C@H](OCc2ccccc2)[C@H]1OCc1ccccc1. The molecule has 0 aliphatic carbocycles. The summed E-state index contributed by atoms with van der Waals surface area (Å²) >= 11 is 0. The Kier molecular flexibility index (Phi) is 12.6. The molecule has 5 aromatic carbocycles. The summed E-state index contributed by atoms with van der Waals surface area (Å²) in [4.78, 5) is 0. The molecule has 1 heterocycles. The molecule has 0 saturated carbocycles. The molecule has 0 amide bonds. The molecule has 1 saturated heterocycles. The lowest BCUT2D eigenvalue weighted by atomic mass is 9.78. The molecule has 0 unspecified atom stereocenters. The minimum Gasteiger partial charge on any atom is -0.374 e. The third-order valence-corrected chi connectivity index (χ3v) is 8.97. The largest absolute Gasteiger partial charge is 0.374 e. The average Bonchev–Trinajstić information content (AvgIpc) is 3.15. The average molecular weight is 655 g/mol. The van der Waals surface area contributed by atoms with Crippen LogP contribution in [-0.4, -0.2) is 36.6 Å². The van der Waals surface area contributed by atoms with Crippen molar-refractivity contribution in [1.82, 2.24) is 0 Å². The molecule has 5 aromatic rings. The predicted octanol–water partition coefficient (Wildman–Crippen LogP) is 8.92. The summed E-state index contributed by atoms with van der Waals surface area (Å²) < 4.78 is 34.6. The summed E-state index contributed by atoms with van der Waals surface area (Å²) in [6.45, 7) is 6.17. The van der Waals surface area contributed by atoms with Gasteiger partial charge in [-0.15, -0.1) is 6.58 Å². The molecule has 0 radical (unpaired) electrons. The zero-order chi connectivity index (χ0) is 33.6. The van der Waals surface area contributed by atoms with Crippen LogP contribution >= 0.6 is 0 Å². The lowest BCUT2D eigenvalue weighted by Crippen LogP contribution is -2.67. The first-order chi connectivity index (χ1) is 24.2. The molecule has 0 N–H and O–H groups in total. The van der Waals surface area contributed by atoms with E-state index < -0.39 is 30.0 Å². The maximum Gasteiger partial charge on any atom is 0.116 e. The molecule has 1 aliphatic rings. The molecule has 0 bridgehead atoms. The van der Waals surface area contributed by atoms with E-state index in [2.05, 4.69) is 79.4 Å². The zero-order valence-electron chi connectivity index (χ0n) is 28.0. The monoisotopic (exact) mass is 654 g/mol. The highest BCUT2D eigenvalue weighted by Crippen LogP contribution is 2.41. The van der Waals surface area contributed by atoms with E-state index in [0.717, 1.165) is 27.8 Å². The van der Waals surface area contributed by atoms with Gasteiger partial charge in [-0.25, -0.2) is 0 Å². The van der Waals surface area contributed by atoms with Gasteiger partial charge in [0.05, 0.1) is 33.0 Å². The van der Waals surface area contributed by atoms with Crippen LogP contribution in [0, 0.1) is 0 Å². The highest BCUT2D eigenvalue weighted by Gasteiger charge is 2.56. The van der Waals surface area contributed by atoms with Gasteiger partial charge in [0.1, 0.15) is 30.0 Å². The fourth-order valence-electron chi connectivity index (χ4n) is 6.60. The van der Waals surface area contributed by atoms with Gasteiger partial charge in [0.15, 0.2) is 0 Å². The van der Waals surface area contributed by atoms with E-state index in [0.29, 0.717) is 45.9 Å². The van der Waals surface area contributed by atoms with Gasteiger partial charge in [0.25, 0.3) is 0 Å². The van der Waals surface area contributed by atoms with Gasteiger partial charge in [-0.3, -0.25) is 0 Å². The standard InChI is InChI=1S/C44H46O5/c1-2-28-44(29-35-18-8-3-9-19-35)43(48-33-39-26-16-7-17-27-39)42(47-32-38-24-14-6-15-25-38)41(46-31-37-22-12-5-13-23-37)40(49-44)34-45-30-36-20-10-4-11-21-36/h2-27,40-43H,1,28-34H2/t40-,41-,42+,43-,44+/m1/s1. The second kappa shape index (κ2) is 17.9. The van der Waals surface area contributed by atoms with Crippen LogP contribution in [0.25, 0.3) is 0 Å². The lowest BCUT2D eigenvalue weighted by molar-refractivity contribution is -0.307. The number of hydrogen-bond donors (Lipinski definition) is 0. The lowest BCUT2D eigenvalue weighted by Gasteiger charge is -2.53. The molecule has 5 nitrogen and oxygen atoms in total. The van der Waals surface area contributed by atoms with Crippen molar-refractivity contribution in [2.45, 2.75) is 69.3 Å². The van der Waals surface area contributed by atoms with Crippen LogP contribution < -0.4 is 0 Å². The maximum absolute atomic E-state index is 7.31. The Morgan fingerprint density at radius 1 is 0.510 bits per heavy atom. The van der Waals surface area contributed by atoms with Crippen LogP contribution in [0.1, 0.15) is 34.2 Å². The van der Waals surface area contributed by atoms with Gasteiger partial charge < -0.3 is 23.7 Å². The fourth-order valence-corrected chi connectivity index (χ4v) is 6.60. The maximum atomic E-state index is 7.31. The molecule has 1 aliphatic heterocycles. The highest BCUT2D eigenvalue weighted by atomic mass is 16.6. The van der Waals surface area contributed by atoms with Crippen LogP contribution in [0.15, 0.2) is 164 Å². The van der Waals surface area contributed by atoms with Crippen molar-refractivity contribution in [2.75, 3.05) is 6.61 Å². The molecular formula is C44H46O5. The van der Waals surface area contributed by atoms with Crippen molar-refractivity contribution in [2.24, 2.45) is 0 Å². The summed E-state index contributed by atoms with van der Waals surface area (Å²) in [5.74, 6) is 0. The van der Waals surface area contributed by atoms with Gasteiger partial charge in [0, 0.05) is 6.42 Å². The second-order valence-electron chi connectivity index (χ2n) is 12.6. The van der Waals surface area contributed by atoms with E-state index >= 15 is 0 Å². The Bertz CT molecular complexity index is 1650. The molecular weight excluding hydrogens is 608 g/mol. The summed E-state index contributed by atoms with van der Waals surface area (Å²) in [7, 11) is 0. The molecule has 0 spiro atoms. The number of benzene rings is 5. The van der Waals surface area contributed by atoms with Gasteiger partial charge in [0.2, 0.25) is 0 Å². The molecule has 49 heavy (non-hydrogen) atoms. The van der Waals surface area contributed by atoms with Crippen molar-refractivity contribution >= 4 is 0 Å². The molecule has 0 aromatic heterocycles. The first-order valence-corrected chi connectivity index (χ1v) is 17.1. The predicted molar refractivity (Wildman–Crippen MR) is 194 cm³/mol. The van der Waals surface area contributed by atoms with Crippen molar-refractivity contribution in [1.29, 1.82) is 0 Å². The van der Waals surface area contributed by atoms with Crippen molar-refractivity contribution in [3.63, 3.8) is 0 Å². The second-order valence-corrected chi connectivity index (χ2v) is 12.6. The number of rotatable bonds is 17. The van der Waals surface area contributed by atoms with E-state index in [1.807, 2.05) is 84.9 Å². The fraction of sp³-hybridized carbons (Fsp3) is 0.273. The van der Waals surface area contributed by atoms with E-state index in [-0.39, 0.29) is 0 Å². The molecule has 5 atom stereocenters. The summed E-state index contributed by atoms with van der Waals surface area (Å²) in [6, 6.07) is 51.4. The van der Waals surface area contributed by atoms with Gasteiger partial charge in [-0.05, 0) is 34.2 Å². The Morgan fingerprint density at radius 3 is 1.39 bits per heavy atom. The van der Waals surface area contributed by atoms with E-state index in [4.69, 9.17) is 23.7 Å². The van der Waals surface area contributed by atoms with E-state index in [1.165, 1.54) is 0 Å². The quantitative estimate of drug-likeness (QED) is 0.0938. The van der Waals surface area contributed by atoms with Crippen molar-refractivity contribution in [3.8, 4) is 0 Å². The van der Waals surface area contributed by atoms with Gasteiger partial charge >= 0.3 is 0 Å². The third-order valence-electron chi connectivity index (χ3n) is 8.97. The number of ether oxygens (including phenoxy) is 5. The molecule has 6 rings (SSSR count). The Labute approximate surface area is 291 Å². The van der Waals surface area contributed by atoms with Crippen molar-refractivity contribution < 1.29 is 23.7 Å². The summed E-state index contributed by atoms with van der Waals surface area (Å²) in [5.41, 5.74) is 4.66. The van der Waals surface area contributed by atoms with Crippen molar-refractivity contribution in [3.05, 3.63) is 192 Å². The molecule has 1 fully saturated rings. The molecule has 5 heteroatoms. The number of hydrogen-bond acceptors (Lipinski definition) is 5. The first-order valence-electron chi connectivity index (χ1n) is 17.1. The van der Waals surface area contributed by atoms with Gasteiger partial charge in [-0.1, -0.05) is 158 Å². The summed E-state index contributed by atoms with van der Waals surface area (Å²) in [6.07, 6.45) is 1.15. The van der Waals surface area contributed by atoms with Crippen LogP contribution in [0.3, 0.4) is 0 Å². The normalized spacial score (nSPS) is 22.0. The van der Waals surface area contributed by atoms with Crippen LogP contribution in [0.4, 0.5) is 0 Å². The zero-order valence-corrected chi connectivity index (χ0v) is 28.0. The van der Waals surface area contributed by atoms with Crippen LogP contribution in [0.2, 0.25) is 0 Å². The van der Waals surface area contributed by atoms with Gasteiger partial charge in [-0.2, -0.15) is 0 Å². The highest BCUT2D eigenvalue weighted by molar-refractivity contribution is 5.22. The van der Waals surface area contributed by atoms with E-state index in [9.17, 15) is 0 Å². The first kappa shape index (κ1) is 34.5. The summed E-state index contributed by atoms with van der Waals surface area (Å²) in [5, 5.41) is 0. The molecule has 252 valence electrons. The third kappa shape index (κ3) is 9.63. The Morgan fingerprint density at radius 2 is 0.918 bits per heavy atom. The van der Waals surface area contributed by atoms with Crippen LogP contribution in [-0.2, 0) is 56.5 Å². The topological polar surface area (TPSA) is 46.2 Å². The minimum absolute atomic E-state index is 0.318. The smallest absolute Gasteiger partial charge is 0.116 e. The Hall–Kier alpha value is -4.36. The van der Waals surface area contributed by atoms with E-state index in [1.54, 1.807) is 0 Å².